The van der Waals surface area contributed by atoms with Gasteiger partial charge in [0.1, 0.15) is 29.5 Å². The Labute approximate surface area is 388 Å². The quantitative estimate of drug-likeness (QED) is 0.105. The van der Waals surface area contributed by atoms with Crippen LogP contribution >= 0.6 is 0 Å². The van der Waals surface area contributed by atoms with E-state index in [1.54, 1.807) is 92.7 Å². The third-order valence-electron chi connectivity index (χ3n) is 14.6. The molecule has 0 spiro atoms. The van der Waals surface area contributed by atoms with Crippen LogP contribution < -0.4 is 10.6 Å². The maximum absolute atomic E-state index is 15.7. The van der Waals surface area contributed by atoms with Crippen LogP contribution in [0.15, 0.2) is 102 Å². The largest absolute Gasteiger partial charge is 0.458 e. The summed E-state index contributed by atoms with van der Waals surface area (Å²) in [7, 11) is 1.50. The number of likely N-dealkylation sites (N-methyl/N-ethyl adjacent to an activating group) is 1. The van der Waals surface area contributed by atoms with Gasteiger partial charge in [0.05, 0.1) is 29.5 Å². The zero-order valence-electron chi connectivity index (χ0n) is 38.6. The summed E-state index contributed by atoms with van der Waals surface area (Å²) in [6.45, 7) is 8.13. The molecule has 356 valence electrons. The van der Waals surface area contributed by atoms with Gasteiger partial charge in [-0.05, 0) is 81.1 Å². The number of fused-ring (bicyclic) bond motifs is 5. The first-order valence-corrected chi connectivity index (χ1v) is 22.4. The summed E-state index contributed by atoms with van der Waals surface area (Å²) >= 11 is 0. The molecule has 3 fully saturated rings. The zero-order valence-corrected chi connectivity index (χ0v) is 38.6. The molecule has 0 saturated heterocycles. The predicted molar refractivity (Wildman–Crippen MR) is 238 cm³/mol. The first kappa shape index (κ1) is 48.7. The highest BCUT2D eigenvalue weighted by atomic mass is 16.6. The zero-order chi connectivity index (χ0) is 48.6. The molecule has 16 nitrogen and oxygen atoms in total. The second kappa shape index (κ2) is 18.8. The van der Waals surface area contributed by atoms with E-state index in [0.29, 0.717) is 12.0 Å². The number of benzene rings is 3. The molecule has 4 aliphatic carbocycles. The summed E-state index contributed by atoms with van der Waals surface area (Å²) in [6.07, 6.45) is -8.36. The van der Waals surface area contributed by atoms with Gasteiger partial charge in [0, 0.05) is 37.2 Å². The number of esters is 5. The summed E-state index contributed by atoms with van der Waals surface area (Å²) in [5.41, 5.74) is -6.76. The Morgan fingerprint density at radius 1 is 0.821 bits per heavy atom. The van der Waals surface area contributed by atoms with Crippen LogP contribution in [-0.2, 0) is 47.7 Å². The second-order valence-electron chi connectivity index (χ2n) is 18.8. The van der Waals surface area contributed by atoms with E-state index in [0.717, 1.165) is 6.92 Å². The molecule has 0 heterocycles. The number of Topliss-reactive ketones (excluding diaryl/α,β-unsaturated/α-hetero) is 1. The van der Waals surface area contributed by atoms with Gasteiger partial charge in [-0.2, -0.15) is 0 Å². The monoisotopic (exact) mass is 922 g/mol. The molecule has 4 aliphatic rings. The Hall–Kier alpha value is -6.23. The van der Waals surface area contributed by atoms with E-state index >= 15 is 9.59 Å². The van der Waals surface area contributed by atoms with Crippen molar-refractivity contribution in [3.63, 3.8) is 0 Å². The highest BCUT2D eigenvalue weighted by Gasteiger charge is 2.77. The average molecular weight is 923 g/mol. The Kier molecular flexibility index (Phi) is 13.7. The highest BCUT2D eigenvalue weighted by Crippen LogP contribution is 2.67. The number of ether oxygens (including phenoxy) is 5. The lowest BCUT2D eigenvalue weighted by molar-refractivity contribution is -0.296. The molecule has 0 radical (unpaired) electrons. The molecular formula is C51H58N2O14. The average Bonchev–Trinajstić information content (AvgIpc) is 3.29. The SMILES string of the molecule is CNCC(=O)O[C@@H](C(=O)O[C@H]1C[C@@]2(O)[C@@H](OC(=O)c3ccccc3)[C@@H]3[C@]4(OC(C)=O)CC[C@@H]4C[C@H](O)[C@@]3(C)C(=O)[C@H](OC(C)=O)C(=C1C)C2(C)C)[C@@H](NC(=O)c1ccccc1)c1ccccc1. The van der Waals surface area contributed by atoms with Crippen LogP contribution in [-0.4, -0.2) is 107 Å². The molecule has 0 aliphatic heterocycles. The lowest BCUT2D eigenvalue weighted by Crippen LogP contribution is -2.78. The van der Waals surface area contributed by atoms with Gasteiger partial charge in [-0.3, -0.25) is 24.0 Å². The molecule has 3 aromatic carbocycles. The van der Waals surface area contributed by atoms with Gasteiger partial charge >= 0.3 is 29.8 Å². The number of carbonyl (C=O) groups is 7. The summed E-state index contributed by atoms with van der Waals surface area (Å²) in [5.74, 6) is -7.99. The van der Waals surface area contributed by atoms with E-state index in [2.05, 4.69) is 10.6 Å². The van der Waals surface area contributed by atoms with E-state index < -0.39 is 118 Å². The molecule has 4 N–H and O–H groups in total. The van der Waals surface area contributed by atoms with Crippen molar-refractivity contribution < 1.29 is 67.5 Å². The summed E-state index contributed by atoms with van der Waals surface area (Å²) in [4.78, 5) is 98.6. The first-order chi connectivity index (χ1) is 31.7. The van der Waals surface area contributed by atoms with Gasteiger partial charge in [0.25, 0.3) is 5.91 Å². The minimum absolute atomic E-state index is 0.00451. The van der Waals surface area contributed by atoms with Crippen LogP contribution in [0.1, 0.15) is 99.5 Å². The van der Waals surface area contributed by atoms with Crippen molar-refractivity contribution in [1.29, 1.82) is 0 Å². The van der Waals surface area contributed by atoms with Crippen molar-refractivity contribution in [2.45, 2.75) is 115 Å². The number of hydrogen-bond acceptors (Lipinski definition) is 15. The van der Waals surface area contributed by atoms with Crippen molar-refractivity contribution in [2.24, 2.45) is 22.7 Å². The van der Waals surface area contributed by atoms with Crippen LogP contribution in [0.2, 0.25) is 0 Å². The normalized spacial score (nSPS) is 30.3. The van der Waals surface area contributed by atoms with Crippen LogP contribution in [0.4, 0.5) is 0 Å². The van der Waals surface area contributed by atoms with Crippen molar-refractivity contribution in [3.8, 4) is 0 Å². The lowest BCUT2D eigenvalue weighted by atomic mass is 9.41. The number of nitrogens with one attached hydrogen (secondary N) is 2. The number of hydrogen-bond donors (Lipinski definition) is 4. The Bertz CT molecular complexity index is 2440. The summed E-state index contributed by atoms with van der Waals surface area (Å²) < 4.78 is 30.9. The fraction of sp³-hybridized carbons (Fsp3) is 0.471. The van der Waals surface area contributed by atoms with Gasteiger partial charge in [0.2, 0.25) is 6.10 Å². The minimum Gasteiger partial charge on any atom is -0.458 e. The van der Waals surface area contributed by atoms with Gasteiger partial charge < -0.3 is 44.5 Å². The molecule has 2 bridgehead atoms. The fourth-order valence-electron chi connectivity index (χ4n) is 11.2. The van der Waals surface area contributed by atoms with Gasteiger partial charge in [0.15, 0.2) is 11.9 Å². The predicted octanol–water partition coefficient (Wildman–Crippen LogP) is 4.52. The number of carbonyl (C=O) groups excluding carboxylic acids is 7. The molecule has 16 heteroatoms. The van der Waals surface area contributed by atoms with Crippen LogP contribution in [0.25, 0.3) is 0 Å². The van der Waals surface area contributed by atoms with Gasteiger partial charge in [-0.25, -0.2) is 9.59 Å². The Balaban J connectivity index is 1.42. The smallest absolute Gasteiger partial charge is 0.350 e. The van der Waals surface area contributed by atoms with Crippen molar-refractivity contribution >= 4 is 41.5 Å². The second-order valence-corrected chi connectivity index (χ2v) is 18.8. The first-order valence-electron chi connectivity index (χ1n) is 22.4. The molecule has 3 aromatic rings. The van der Waals surface area contributed by atoms with Crippen LogP contribution in [0.5, 0.6) is 0 Å². The number of rotatable bonds is 13. The van der Waals surface area contributed by atoms with E-state index in [4.69, 9.17) is 23.7 Å². The van der Waals surface area contributed by atoms with Crippen molar-refractivity contribution in [1.82, 2.24) is 10.6 Å². The van der Waals surface area contributed by atoms with E-state index in [-0.39, 0.29) is 41.7 Å². The molecule has 0 unspecified atom stereocenters. The van der Waals surface area contributed by atoms with E-state index in [9.17, 15) is 34.2 Å². The minimum atomic E-state index is -2.38. The molecular weight excluding hydrogens is 865 g/mol. The third-order valence-corrected chi connectivity index (χ3v) is 14.6. The number of aliphatic hydroxyl groups is 2. The van der Waals surface area contributed by atoms with Crippen molar-refractivity contribution in [3.05, 3.63) is 119 Å². The van der Waals surface area contributed by atoms with Gasteiger partial charge in [-0.1, -0.05) is 80.6 Å². The number of amides is 1. The van der Waals surface area contributed by atoms with Crippen molar-refractivity contribution in [2.75, 3.05) is 13.6 Å². The molecule has 0 aromatic heterocycles. The third kappa shape index (κ3) is 8.66. The molecule has 7 rings (SSSR count). The lowest BCUT2D eigenvalue weighted by Gasteiger charge is -2.68. The van der Waals surface area contributed by atoms with E-state index in [1.807, 2.05) is 0 Å². The maximum atomic E-state index is 15.7. The Morgan fingerprint density at radius 3 is 1.97 bits per heavy atom. The molecule has 11 atom stereocenters. The summed E-state index contributed by atoms with van der Waals surface area (Å²) in [6, 6.07) is 23.1. The molecule has 67 heavy (non-hydrogen) atoms. The maximum Gasteiger partial charge on any atom is 0.350 e. The Morgan fingerprint density at radius 2 is 1.42 bits per heavy atom. The highest BCUT2D eigenvalue weighted by molar-refractivity contribution is 5.96. The molecule has 3 saturated carbocycles. The number of ketones is 1. The number of aliphatic hydroxyl groups excluding tert-OH is 1. The van der Waals surface area contributed by atoms with Gasteiger partial charge in [-0.15, -0.1) is 0 Å². The summed E-state index contributed by atoms with van der Waals surface area (Å²) in [5, 5.41) is 31.7. The van der Waals surface area contributed by atoms with Crippen LogP contribution in [0, 0.1) is 22.7 Å². The molecule has 1 amide bonds. The topological polar surface area (TPSA) is 230 Å². The standard InChI is InChI=1S/C51H58N2O14/c1-28-35(64-47(61)41(65-37(57)27-52-7)39(31-17-11-8-12-18-31)53-45(59)32-19-13-9-14-20-32)26-51(62)44(66-46(60)33-21-15-10-16-22-33)42-49(6,36(56)25-34-23-24-50(34,42)67-30(3)55)43(58)40(63-29(2)54)38(28)48(51,4)5/h8-22,34-36,39-42,44,52,56,62H,23-27H2,1-7H3,(H,53,59)/t34-,35+,36+,39+,40-,41-,42+,44+,49-,50+,51-/m1/s1. The fourth-order valence-corrected chi connectivity index (χ4v) is 11.2. The van der Waals surface area contributed by atoms with E-state index in [1.165, 1.54) is 40.0 Å². The van der Waals surface area contributed by atoms with Crippen LogP contribution in [0.3, 0.4) is 0 Å².